The van der Waals surface area contributed by atoms with Gasteiger partial charge in [0.05, 0.1) is 10.3 Å². The van der Waals surface area contributed by atoms with Crippen molar-refractivity contribution in [3.63, 3.8) is 0 Å². The van der Waals surface area contributed by atoms with Gasteiger partial charge >= 0.3 is 0 Å². The zero-order valence-corrected chi connectivity index (χ0v) is 17.1. The molecule has 5 heteroatoms. The van der Waals surface area contributed by atoms with Crippen LogP contribution in [0.3, 0.4) is 0 Å². The molecule has 3 nitrogen and oxygen atoms in total. The highest BCUT2D eigenvalue weighted by molar-refractivity contribution is 8.01. The molecule has 140 valence electrons. The van der Waals surface area contributed by atoms with E-state index in [1.807, 2.05) is 30.3 Å². The molecule has 1 fully saturated rings. The minimum atomic E-state index is -3.54. The highest BCUT2D eigenvalue weighted by Crippen LogP contribution is 2.41. The second-order valence-corrected chi connectivity index (χ2v) is 10.2. The van der Waals surface area contributed by atoms with Crippen molar-refractivity contribution in [2.75, 3.05) is 12.3 Å². The van der Waals surface area contributed by atoms with Crippen LogP contribution in [0.1, 0.15) is 36.3 Å². The van der Waals surface area contributed by atoms with Gasteiger partial charge in [0.15, 0.2) is 0 Å². The Bertz CT molecular complexity index is 1060. The number of benzene rings is 3. The van der Waals surface area contributed by atoms with Crippen LogP contribution in [-0.2, 0) is 10.0 Å². The molecule has 0 N–H and O–H groups in total. The van der Waals surface area contributed by atoms with E-state index in [0.29, 0.717) is 17.4 Å². The standard InChI is InChI=1S/C22H23NO2S2/c1-16(2)17-7-9-19(10-8-17)22-23(13-14-26-22)27(24,25)21-12-11-18-5-3-4-6-20(18)15-21/h3-12,15-16,22H,13-14H2,1-2H3. The molecule has 0 amide bonds. The van der Waals surface area contributed by atoms with Gasteiger partial charge in [-0.15, -0.1) is 11.8 Å². The zero-order chi connectivity index (χ0) is 19.0. The first-order valence-corrected chi connectivity index (χ1v) is 11.7. The van der Waals surface area contributed by atoms with E-state index in [2.05, 4.69) is 38.1 Å². The predicted molar refractivity (Wildman–Crippen MR) is 114 cm³/mol. The highest BCUT2D eigenvalue weighted by atomic mass is 32.2. The molecule has 0 aromatic heterocycles. The molecule has 1 saturated heterocycles. The van der Waals surface area contributed by atoms with Crippen molar-refractivity contribution >= 4 is 32.6 Å². The Hall–Kier alpha value is -1.82. The Balaban J connectivity index is 1.69. The first-order chi connectivity index (χ1) is 13.0. The summed E-state index contributed by atoms with van der Waals surface area (Å²) in [5.41, 5.74) is 2.32. The SMILES string of the molecule is CC(C)c1ccc(C2SCCN2S(=O)(=O)c2ccc3ccccc3c2)cc1. The van der Waals surface area contributed by atoms with E-state index in [1.54, 1.807) is 28.2 Å². The molecule has 1 aliphatic rings. The van der Waals surface area contributed by atoms with E-state index in [1.165, 1.54) is 5.56 Å². The molecule has 0 saturated carbocycles. The summed E-state index contributed by atoms with van der Waals surface area (Å²) in [5, 5.41) is 1.83. The molecule has 0 spiro atoms. The van der Waals surface area contributed by atoms with Crippen LogP contribution in [0.4, 0.5) is 0 Å². The van der Waals surface area contributed by atoms with Gasteiger partial charge in [-0.25, -0.2) is 8.42 Å². The van der Waals surface area contributed by atoms with Gasteiger partial charge in [0.2, 0.25) is 10.0 Å². The normalized spacial score (nSPS) is 18.4. The van der Waals surface area contributed by atoms with Crippen molar-refractivity contribution in [3.8, 4) is 0 Å². The Morgan fingerprint density at radius 3 is 2.37 bits per heavy atom. The summed E-state index contributed by atoms with van der Waals surface area (Å²) >= 11 is 1.69. The molecule has 3 aromatic carbocycles. The topological polar surface area (TPSA) is 37.4 Å². The van der Waals surface area contributed by atoms with Crippen LogP contribution in [0.2, 0.25) is 0 Å². The fourth-order valence-electron chi connectivity index (χ4n) is 3.47. The second-order valence-electron chi connectivity index (χ2n) is 7.17. The average Bonchev–Trinajstić information content (AvgIpc) is 3.18. The molecular weight excluding hydrogens is 374 g/mol. The van der Waals surface area contributed by atoms with Crippen molar-refractivity contribution < 1.29 is 8.42 Å². The van der Waals surface area contributed by atoms with Crippen LogP contribution in [0.25, 0.3) is 10.8 Å². The van der Waals surface area contributed by atoms with E-state index in [0.717, 1.165) is 22.1 Å². The Labute approximate surface area is 165 Å². The third-order valence-corrected chi connectivity index (χ3v) is 8.32. The number of hydrogen-bond donors (Lipinski definition) is 0. The Morgan fingerprint density at radius 2 is 1.67 bits per heavy atom. The number of thioether (sulfide) groups is 1. The lowest BCUT2D eigenvalue weighted by molar-refractivity contribution is 0.434. The van der Waals surface area contributed by atoms with Crippen molar-refractivity contribution in [1.82, 2.24) is 4.31 Å². The van der Waals surface area contributed by atoms with Gasteiger partial charge in [0.25, 0.3) is 0 Å². The fraction of sp³-hybridized carbons (Fsp3) is 0.273. The van der Waals surface area contributed by atoms with Gasteiger partial charge in [0, 0.05) is 12.3 Å². The summed E-state index contributed by atoms with van der Waals surface area (Å²) in [5.74, 6) is 1.27. The lowest BCUT2D eigenvalue weighted by atomic mass is 10.0. The molecular formula is C22H23NO2S2. The quantitative estimate of drug-likeness (QED) is 0.591. The molecule has 0 radical (unpaired) electrons. The van der Waals surface area contributed by atoms with Crippen molar-refractivity contribution in [2.24, 2.45) is 0 Å². The zero-order valence-electron chi connectivity index (χ0n) is 15.5. The summed E-state index contributed by atoms with van der Waals surface area (Å²) < 4.78 is 28.3. The molecule has 3 aromatic rings. The fourth-order valence-corrected chi connectivity index (χ4v) is 6.75. The van der Waals surface area contributed by atoms with E-state index >= 15 is 0 Å². The van der Waals surface area contributed by atoms with Crippen molar-refractivity contribution in [1.29, 1.82) is 0 Å². The van der Waals surface area contributed by atoms with Gasteiger partial charge in [-0.05, 0) is 39.9 Å². The minimum Gasteiger partial charge on any atom is -0.207 e. The highest BCUT2D eigenvalue weighted by Gasteiger charge is 2.36. The van der Waals surface area contributed by atoms with Crippen LogP contribution in [0, 0.1) is 0 Å². The monoisotopic (exact) mass is 397 g/mol. The van der Waals surface area contributed by atoms with Gasteiger partial charge in [-0.1, -0.05) is 68.4 Å². The maximum absolute atomic E-state index is 13.3. The smallest absolute Gasteiger partial charge is 0.207 e. The van der Waals surface area contributed by atoms with E-state index in [4.69, 9.17) is 0 Å². The number of fused-ring (bicyclic) bond motifs is 1. The number of sulfonamides is 1. The maximum Gasteiger partial charge on any atom is 0.244 e. The summed E-state index contributed by atoms with van der Waals surface area (Å²) in [6, 6.07) is 21.6. The van der Waals surface area contributed by atoms with Crippen molar-refractivity contribution in [3.05, 3.63) is 77.9 Å². The second kappa shape index (κ2) is 7.30. The third-order valence-electron chi connectivity index (χ3n) is 5.06. The third kappa shape index (κ3) is 3.51. The number of hydrogen-bond acceptors (Lipinski definition) is 3. The summed E-state index contributed by atoms with van der Waals surface area (Å²) in [7, 11) is -3.54. The lowest BCUT2D eigenvalue weighted by Gasteiger charge is -2.24. The Morgan fingerprint density at radius 1 is 0.963 bits per heavy atom. The first-order valence-electron chi connectivity index (χ1n) is 9.19. The minimum absolute atomic E-state index is 0.164. The first kappa shape index (κ1) is 18.5. The van der Waals surface area contributed by atoms with Crippen LogP contribution in [-0.4, -0.2) is 25.0 Å². The number of nitrogens with zero attached hydrogens (tertiary/aromatic N) is 1. The van der Waals surface area contributed by atoms with Crippen LogP contribution >= 0.6 is 11.8 Å². The molecule has 0 bridgehead atoms. The van der Waals surface area contributed by atoms with Crippen LogP contribution in [0.5, 0.6) is 0 Å². The molecule has 27 heavy (non-hydrogen) atoms. The van der Waals surface area contributed by atoms with E-state index in [-0.39, 0.29) is 5.37 Å². The maximum atomic E-state index is 13.3. The van der Waals surface area contributed by atoms with E-state index in [9.17, 15) is 8.42 Å². The van der Waals surface area contributed by atoms with Gasteiger partial charge in [-0.2, -0.15) is 4.31 Å². The Kier molecular flexibility index (Phi) is 5.01. The van der Waals surface area contributed by atoms with Gasteiger partial charge < -0.3 is 0 Å². The van der Waals surface area contributed by atoms with Crippen molar-refractivity contribution in [2.45, 2.75) is 30.0 Å². The average molecular weight is 398 g/mol. The van der Waals surface area contributed by atoms with Crippen LogP contribution in [0.15, 0.2) is 71.6 Å². The summed E-state index contributed by atoms with van der Waals surface area (Å²) in [6.07, 6.45) is 0. The molecule has 0 aliphatic carbocycles. The summed E-state index contributed by atoms with van der Waals surface area (Å²) in [6.45, 7) is 4.86. The van der Waals surface area contributed by atoms with E-state index < -0.39 is 10.0 Å². The summed E-state index contributed by atoms with van der Waals surface area (Å²) in [4.78, 5) is 0.368. The predicted octanol–water partition coefficient (Wildman–Crippen LogP) is 5.40. The van der Waals surface area contributed by atoms with Gasteiger partial charge in [-0.3, -0.25) is 0 Å². The molecule has 1 aliphatic heterocycles. The van der Waals surface area contributed by atoms with Crippen LogP contribution < -0.4 is 0 Å². The molecule has 1 atom stereocenters. The van der Waals surface area contributed by atoms with Gasteiger partial charge in [0.1, 0.15) is 0 Å². The molecule has 1 unspecified atom stereocenters. The lowest BCUT2D eigenvalue weighted by Crippen LogP contribution is -2.30. The molecule has 4 rings (SSSR count). The number of rotatable bonds is 4. The largest absolute Gasteiger partial charge is 0.244 e. The molecule has 1 heterocycles.